The van der Waals surface area contributed by atoms with Gasteiger partial charge in [-0.2, -0.15) is 0 Å². The summed E-state index contributed by atoms with van der Waals surface area (Å²) in [4.78, 5) is 20.1. The molecule has 2 aromatic rings. The predicted octanol–water partition coefficient (Wildman–Crippen LogP) is 3.21. The molecule has 106 valence electrons. The molecule has 2 rings (SSSR count). The summed E-state index contributed by atoms with van der Waals surface area (Å²) in [6, 6.07) is 13.1. The highest BCUT2D eigenvalue weighted by Gasteiger charge is 2.08. The number of carbonyl (C=O) groups excluding carboxylic acids is 1. The molecular formula is C16H14NO4+. The summed E-state index contributed by atoms with van der Waals surface area (Å²) in [5, 5.41) is 10.5. The van der Waals surface area contributed by atoms with Crippen LogP contribution >= 0.6 is 0 Å². The number of ether oxygens (including phenoxy) is 1. The third-order valence-electron chi connectivity index (χ3n) is 2.92. The minimum Gasteiger partial charge on any atom is -0.497 e. The zero-order valence-electron chi connectivity index (χ0n) is 11.4. The van der Waals surface area contributed by atoms with Crippen LogP contribution in [0.3, 0.4) is 0 Å². The van der Waals surface area contributed by atoms with E-state index < -0.39 is 4.92 Å². The highest BCUT2D eigenvalue weighted by Crippen LogP contribution is 2.14. The van der Waals surface area contributed by atoms with E-state index in [1.165, 1.54) is 12.1 Å². The Hall–Kier alpha value is -2.95. The summed E-state index contributed by atoms with van der Waals surface area (Å²) in [5.74, 6) is 0.821. The number of ketones is 1. The molecule has 0 atom stereocenters. The molecule has 0 bridgehead atoms. The van der Waals surface area contributed by atoms with Crippen LogP contribution in [0.5, 0.6) is 5.75 Å². The first kappa shape index (κ1) is 14.5. The number of methoxy groups -OCH3 is 1. The van der Waals surface area contributed by atoms with Crippen molar-refractivity contribution in [1.82, 2.24) is 0 Å². The fourth-order valence-corrected chi connectivity index (χ4v) is 1.74. The largest absolute Gasteiger partial charge is 0.497 e. The van der Waals surface area contributed by atoms with Gasteiger partial charge in [-0.05, 0) is 48.0 Å². The quantitative estimate of drug-likeness (QED) is 0.278. The minimum absolute atomic E-state index is 0.0375. The Bertz CT molecular complexity index is 672. The Morgan fingerprint density at radius 2 is 1.76 bits per heavy atom. The Labute approximate surface area is 121 Å². The molecule has 0 heterocycles. The third kappa shape index (κ3) is 3.76. The van der Waals surface area contributed by atoms with E-state index in [1.807, 2.05) is 0 Å². The van der Waals surface area contributed by atoms with Gasteiger partial charge < -0.3 is 4.74 Å². The molecule has 0 aliphatic heterocycles. The summed E-state index contributed by atoms with van der Waals surface area (Å²) in [7, 11) is 1.58. The van der Waals surface area contributed by atoms with Crippen LogP contribution < -0.4 is 4.74 Å². The predicted molar refractivity (Wildman–Crippen MR) is 81.2 cm³/mol. The molecule has 0 aliphatic rings. The minimum atomic E-state index is -0.450. The van der Waals surface area contributed by atoms with E-state index in [9.17, 15) is 14.9 Å². The summed E-state index contributed by atoms with van der Waals surface area (Å²) in [5.41, 5.74) is 1.46. The molecule has 0 unspecified atom stereocenters. The van der Waals surface area contributed by atoms with Crippen LogP contribution in [0.4, 0.5) is 5.69 Å². The molecule has 0 radical (unpaired) electrons. The van der Waals surface area contributed by atoms with Crippen LogP contribution in [-0.2, 0) is 0 Å². The standard InChI is InChI=1S/C16H13NO4/c1-21-15-9-5-13(6-10-15)16(18)11-4-12-2-7-14(8-3-12)17(19)20/h2-11H,1H3/p+1/b11-4+. The lowest BCUT2D eigenvalue weighted by Crippen LogP contribution is -1.96. The molecule has 0 saturated heterocycles. The molecule has 0 fully saturated rings. The van der Waals surface area contributed by atoms with Crippen molar-refractivity contribution in [3.63, 3.8) is 0 Å². The van der Waals surface area contributed by atoms with Gasteiger partial charge in [-0.15, -0.1) is 0 Å². The van der Waals surface area contributed by atoms with Crippen LogP contribution in [0.2, 0.25) is 0 Å². The SMILES string of the molecule is COc1ccc(C(=[OH+])/C=C/c2ccc([N+](=O)[O-])cc2)cc1. The average molecular weight is 284 g/mol. The lowest BCUT2D eigenvalue weighted by Gasteiger charge is -1.98. The van der Waals surface area contributed by atoms with Crippen LogP contribution in [0.15, 0.2) is 54.6 Å². The number of nitrogens with zero attached hydrogens (tertiary/aromatic N) is 1. The van der Waals surface area contributed by atoms with E-state index in [-0.39, 0.29) is 11.5 Å². The second-order valence-corrected chi connectivity index (χ2v) is 4.30. The molecule has 5 nitrogen and oxygen atoms in total. The lowest BCUT2D eigenvalue weighted by atomic mass is 10.1. The van der Waals surface area contributed by atoms with E-state index in [1.54, 1.807) is 55.7 Å². The Kier molecular flexibility index (Phi) is 4.46. The first-order valence-corrected chi connectivity index (χ1v) is 6.23. The van der Waals surface area contributed by atoms with Crippen molar-refractivity contribution in [2.45, 2.75) is 0 Å². The van der Waals surface area contributed by atoms with Crippen LogP contribution in [0.25, 0.3) is 6.08 Å². The van der Waals surface area contributed by atoms with Crippen molar-refractivity contribution in [2.75, 3.05) is 7.11 Å². The number of benzene rings is 2. The average Bonchev–Trinajstić information content (AvgIpc) is 2.53. The fourth-order valence-electron chi connectivity index (χ4n) is 1.74. The van der Waals surface area contributed by atoms with Gasteiger partial charge in [0.1, 0.15) is 5.75 Å². The van der Waals surface area contributed by atoms with E-state index in [0.717, 1.165) is 5.56 Å². The number of hydrogen-bond donors (Lipinski definition) is 0. The molecule has 0 spiro atoms. The van der Waals surface area contributed by atoms with Gasteiger partial charge in [0.15, 0.2) is 0 Å². The zero-order valence-corrected chi connectivity index (χ0v) is 11.4. The maximum atomic E-state index is 10.5. The van der Waals surface area contributed by atoms with Gasteiger partial charge in [-0.1, -0.05) is 0 Å². The molecule has 0 aromatic heterocycles. The zero-order chi connectivity index (χ0) is 15.2. The second kappa shape index (κ2) is 6.47. The van der Waals surface area contributed by atoms with Gasteiger partial charge in [0.2, 0.25) is 0 Å². The highest BCUT2D eigenvalue weighted by molar-refractivity contribution is 6.07. The maximum Gasteiger partial charge on any atom is 0.347 e. The first-order chi connectivity index (χ1) is 10.1. The smallest absolute Gasteiger partial charge is 0.347 e. The van der Waals surface area contributed by atoms with Gasteiger partial charge in [0, 0.05) is 18.2 Å². The number of allylic oxidation sites excluding steroid dienone is 1. The van der Waals surface area contributed by atoms with E-state index in [0.29, 0.717) is 11.3 Å². The normalized spacial score (nSPS) is 10.5. The first-order valence-electron chi connectivity index (χ1n) is 6.23. The number of hydrogen-bond acceptors (Lipinski definition) is 3. The van der Waals surface area contributed by atoms with Gasteiger partial charge in [0.05, 0.1) is 17.6 Å². The number of non-ortho nitro benzene ring substituents is 1. The molecular weight excluding hydrogens is 270 g/mol. The van der Waals surface area contributed by atoms with Crippen molar-refractivity contribution < 1.29 is 14.5 Å². The molecule has 0 aliphatic carbocycles. The van der Waals surface area contributed by atoms with Gasteiger partial charge in [0.25, 0.3) is 5.69 Å². The molecule has 21 heavy (non-hydrogen) atoms. The molecule has 5 heteroatoms. The topological polar surface area (TPSA) is 73.8 Å². The lowest BCUT2D eigenvalue weighted by molar-refractivity contribution is -0.384. The monoisotopic (exact) mass is 284 g/mol. The van der Waals surface area contributed by atoms with Gasteiger partial charge >= 0.3 is 5.78 Å². The van der Waals surface area contributed by atoms with Gasteiger partial charge in [-0.25, -0.2) is 0 Å². The molecule has 2 aromatic carbocycles. The van der Waals surface area contributed by atoms with Crippen molar-refractivity contribution in [2.24, 2.45) is 0 Å². The number of rotatable bonds is 5. The Morgan fingerprint density at radius 1 is 1.14 bits per heavy atom. The highest BCUT2D eigenvalue weighted by atomic mass is 16.6. The summed E-state index contributed by atoms with van der Waals surface area (Å²) < 4.78 is 5.04. The maximum absolute atomic E-state index is 10.5. The van der Waals surface area contributed by atoms with Gasteiger partial charge in [-0.3, -0.25) is 14.9 Å². The van der Waals surface area contributed by atoms with E-state index in [4.69, 9.17) is 4.74 Å². The van der Waals surface area contributed by atoms with Crippen molar-refractivity contribution in [1.29, 1.82) is 0 Å². The Morgan fingerprint density at radius 3 is 2.29 bits per heavy atom. The van der Waals surface area contributed by atoms with E-state index in [2.05, 4.69) is 0 Å². The summed E-state index contributed by atoms with van der Waals surface area (Å²) >= 11 is 0. The number of nitro groups is 1. The number of nitro benzene ring substituents is 1. The van der Waals surface area contributed by atoms with Crippen molar-refractivity contribution >= 4 is 17.5 Å². The molecule has 0 saturated carbocycles. The summed E-state index contributed by atoms with van der Waals surface area (Å²) in [6.45, 7) is 0. The fraction of sp³-hybridized carbons (Fsp3) is 0.0625. The van der Waals surface area contributed by atoms with Crippen LogP contribution in [0.1, 0.15) is 11.1 Å². The van der Waals surface area contributed by atoms with Crippen molar-refractivity contribution in [3.05, 3.63) is 75.8 Å². The Balaban J connectivity index is 2.08. The molecule has 1 N–H and O–H groups in total. The second-order valence-electron chi connectivity index (χ2n) is 4.30. The third-order valence-corrected chi connectivity index (χ3v) is 2.92. The van der Waals surface area contributed by atoms with Crippen LogP contribution in [-0.4, -0.2) is 22.6 Å². The van der Waals surface area contributed by atoms with E-state index >= 15 is 0 Å². The van der Waals surface area contributed by atoms with Crippen molar-refractivity contribution in [3.8, 4) is 5.75 Å². The molecule has 0 amide bonds. The summed E-state index contributed by atoms with van der Waals surface area (Å²) in [6.07, 6.45) is 3.23. The van der Waals surface area contributed by atoms with Crippen LogP contribution in [0, 0.1) is 10.1 Å².